The minimum absolute atomic E-state index is 0.0525. The van der Waals surface area contributed by atoms with E-state index in [1.165, 1.54) is 0 Å². The lowest BCUT2D eigenvalue weighted by Gasteiger charge is -2.35. The van der Waals surface area contributed by atoms with Gasteiger partial charge in [0.2, 0.25) is 0 Å². The van der Waals surface area contributed by atoms with Crippen LogP contribution in [0.5, 0.6) is 0 Å². The summed E-state index contributed by atoms with van der Waals surface area (Å²) in [6, 6.07) is 0. The zero-order chi connectivity index (χ0) is 11.5. The van der Waals surface area contributed by atoms with Crippen molar-refractivity contribution in [3.63, 3.8) is 0 Å². The highest BCUT2D eigenvalue weighted by molar-refractivity contribution is 5.04. The van der Waals surface area contributed by atoms with Gasteiger partial charge in [0.15, 0.2) is 0 Å². The molecule has 1 saturated heterocycles. The quantitative estimate of drug-likeness (QED) is 0.781. The average molecular weight is 227 g/mol. The highest BCUT2D eigenvalue weighted by Gasteiger charge is 2.25. The Morgan fingerprint density at radius 2 is 2.25 bits per heavy atom. The molecule has 1 aliphatic rings. The Morgan fingerprint density at radius 3 is 2.88 bits per heavy atom. The fourth-order valence-electron chi connectivity index (χ4n) is 1.98. The number of nitrogens with zero attached hydrogens (tertiary/aromatic N) is 3. The molecule has 0 radical (unpaired) electrons. The van der Waals surface area contributed by atoms with Crippen molar-refractivity contribution in [1.82, 2.24) is 15.2 Å². The summed E-state index contributed by atoms with van der Waals surface area (Å²) in [5.41, 5.74) is 1.67. The van der Waals surface area contributed by atoms with Crippen LogP contribution in [0.25, 0.3) is 0 Å². The molecule has 1 aliphatic heterocycles. The number of ether oxygens (including phenoxy) is 1. The van der Waals surface area contributed by atoms with Crippen molar-refractivity contribution in [2.75, 3.05) is 19.7 Å². The molecule has 1 fully saturated rings. The third-order valence-corrected chi connectivity index (χ3v) is 2.73. The van der Waals surface area contributed by atoms with Crippen LogP contribution in [-0.2, 0) is 11.3 Å². The highest BCUT2D eigenvalue weighted by atomic mass is 16.6. The van der Waals surface area contributed by atoms with Crippen LogP contribution in [0.15, 0.2) is 4.63 Å². The molecule has 0 spiro atoms. The van der Waals surface area contributed by atoms with Crippen molar-refractivity contribution >= 4 is 0 Å². The van der Waals surface area contributed by atoms with Gasteiger partial charge in [-0.1, -0.05) is 10.3 Å². The van der Waals surface area contributed by atoms with Crippen molar-refractivity contribution in [3.8, 4) is 0 Å². The SMILES string of the molecule is Cc1nonc1CN1CC(C)OC(CO)C1. The van der Waals surface area contributed by atoms with Crippen molar-refractivity contribution in [1.29, 1.82) is 0 Å². The van der Waals surface area contributed by atoms with Gasteiger partial charge in [0.1, 0.15) is 11.4 Å². The molecule has 0 bridgehead atoms. The molecule has 0 aliphatic carbocycles. The number of aliphatic hydroxyl groups excluding tert-OH is 1. The second-order valence-corrected chi connectivity index (χ2v) is 4.24. The molecule has 2 rings (SSSR count). The van der Waals surface area contributed by atoms with Crippen molar-refractivity contribution < 1.29 is 14.5 Å². The second kappa shape index (κ2) is 4.90. The molecule has 1 aromatic heterocycles. The molecule has 6 heteroatoms. The van der Waals surface area contributed by atoms with E-state index >= 15 is 0 Å². The number of aryl methyl sites for hydroxylation is 1. The molecular weight excluding hydrogens is 210 g/mol. The van der Waals surface area contributed by atoms with Gasteiger partial charge < -0.3 is 9.84 Å². The Kier molecular flexibility index (Phi) is 3.52. The van der Waals surface area contributed by atoms with Crippen LogP contribution >= 0.6 is 0 Å². The van der Waals surface area contributed by atoms with E-state index in [-0.39, 0.29) is 18.8 Å². The second-order valence-electron chi connectivity index (χ2n) is 4.24. The minimum Gasteiger partial charge on any atom is -0.394 e. The van der Waals surface area contributed by atoms with E-state index in [0.29, 0.717) is 13.1 Å². The summed E-state index contributed by atoms with van der Waals surface area (Å²) >= 11 is 0. The van der Waals surface area contributed by atoms with E-state index in [1.807, 2.05) is 13.8 Å². The molecule has 2 heterocycles. The van der Waals surface area contributed by atoms with Gasteiger partial charge in [-0.05, 0) is 13.8 Å². The molecule has 0 saturated carbocycles. The van der Waals surface area contributed by atoms with Gasteiger partial charge in [0.25, 0.3) is 0 Å². The van der Waals surface area contributed by atoms with Crippen LogP contribution in [0.3, 0.4) is 0 Å². The third kappa shape index (κ3) is 2.58. The molecule has 16 heavy (non-hydrogen) atoms. The third-order valence-electron chi connectivity index (χ3n) is 2.73. The van der Waals surface area contributed by atoms with E-state index in [1.54, 1.807) is 0 Å². The molecule has 2 unspecified atom stereocenters. The maximum atomic E-state index is 9.11. The van der Waals surface area contributed by atoms with Crippen LogP contribution in [0, 0.1) is 6.92 Å². The van der Waals surface area contributed by atoms with Crippen molar-refractivity contribution in [3.05, 3.63) is 11.4 Å². The molecule has 90 valence electrons. The van der Waals surface area contributed by atoms with Crippen LogP contribution in [-0.4, -0.2) is 52.2 Å². The summed E-state index contributed by atoms with van der Waals surface area (Å²) in [6.07, 6.45) is 0.0231. The number of rotatable bonds is 3. The maximum Gasteiger partial charge on any atom is 0.122 e. The fourth-order valence-corrected chi connectivity index (χ4v) is 1.98. The normalized spacial score (nSPS) is 27.2. The highest BCUT2D eigenvalue weighted by Crippen LogP contribution is 2.14. The van der Waals surface area contributed by atoms with Gasteiger partial charge in [-0.25, -0.2) is 4.63 Å². The van der Waals surface area contributed by atoms with Crippen molar-refractivity contribution in [2.24, 2.45) is 0 Å². The molecule has 1 aromatic rings. The number of aromatic nitrogens is 2. The topological polar surface area (TPSA) is 71.6 Å². The summed E-state index contributed by atoms with van der Waals surface area (Å²) in [4.78, 5) is 2.20. The van der Waals surface area contributed by atoms with Crippen LogP contribution < -0.4 is 0 Å². The lowest BCUT2D eigenvalue weighted by atomic mass is 10.2. The Balaban J connectivity index is 1.96. The molecule has 0 amide bonds. The lowest BCUT2D eigenvalue weighted by Crippen LogP contribution is -2.47. The van der Waals surface area contributed by atoms with Gasteiger partial charge in [0.05, 0.1) is 18.8 Å². The van der Waals surface area contributed by atoms with Gasteiger partial charge in [-0.15, -0.1) is 0 Å². The van der Waals surface area contributed by atoms with Gasteiger partial charge >= 0.3 is 0 Å². The summed E-state index contributed by atoms with van der Waals surface area (Å²) < 4.78 is 10.2. The van der Waals surface area contributed by atoms with Crippen LogP contribution in [0.2, 0.25) is 0 Å². The monoisotopic (exact) mass is 227 g/mol. The van der Waals surface area contributed by atoms with Crippen molar-refractivity contribution in [2.45, 2.75) is 32.6 Å². The van der Waals surface area contributed by atoms with E-state index in [4.69, 9.17) is 9.84 Å². The average Bonchev–Trinajstić information content (AvgIpc) is 2.63. The van der Waals surface area contributed by atoms with Gasteiger partial charge in [-0.3, -0.25) is 4.90 Å². The zero-order valence-electron chi connectivity index (χ0n) is 9.59. The number of hydrogen-bond donors (Lipinski definition) is 1. The van der Waals surface area contributed by atoms with E-state index in [0.717, 1.165) is 17.9 Å². The Morgan fingerprint density at radius 1 is 1.44 bits per heavy atom. The maximum absolute atomic E-state index is 9.11. The van der Waals surface area contributed by atoms with Gasteiger partial charge in [-0.2, -0.15) is 0 Å². The fraction of sp³-hybridized carbons (Fsp3) is 0.800. The van der Waals surface area contributed by atoms with Gasteiger partial charge in [0, 0.05) is 19.6 Å². The number of hydrogen-bond acceptors (Lipinski definition) is 6. The number of aliphatic hydroxyl groups is 1. The summed E-state index contributed by atoms with van der Waals surface area (Å²) in [7, 11) is 0. The largest absolute Gasteiger partial charge is 0.394 e. The molecular formula is C10H17N3O3. The lowest BCUT2D eigenvalue weighted by molar-refractivity contribution is -0.0976. The molecule has 0 aromatic carbocycles. The Labute approximate surface area is 94.1 Å². The summed E-state index contributed by atoms with van der Waals surface area (Å²) in [5, 5.41) is 16.7. The Hall–Kier alpha value is -0.980. The van der Waals surface area contributed by atoms with E-state index in [2.05, 4.69) is 19.8 Å². The summed E-state index contributed by atoms with van der Waals surface area (Å²) in [6.45, 7) is 6.17. The first-order valence-electron chi connectivity index (χ1n) is 5.45. The minimum atomic E-state index is -0.107. The summed E-state index contributed by atoms with van der Waals surface area (Å²) in [5.74, 6) is 0. The standard InChI is InChI=1S/C10H17N3O3/c1-7-3-13(4-9(6-14)15-7)5-10-8(2)11-16-12-10/h7,9,14H,3-6H2,1-2H3. The molecule has 2 atom stereocenters. The first kappa shape index (κ1) is 11.5. The van der Waals surface area contributed by atoms with E-state index < -0.39 is 0 Å². The van der Waals surface area contributed by atoms with Crippen LogP contribution in [0.4, 0.5) is 0 Å². The molecule has 6 nitrogen and oxygen atoms in total. The first-order valence-corrected chi connectivity index (χ1v) is 5.45. The number of morpholine rings is 1. The predicted octanol–water partition coefficient (Wildman–Crippen LogP) is -0.0404. The van der Waals surface area contributed by atoms with E-state index in [9.17, 15) is 0 Å². The zero-order valence-corrected chi connectivity index (χ0v) is 9.59. The molecule has 1 N–H and O–H groups in total. The predicted molar refractivity (Wildman–Crippen MR) is 55.7 cm³/mol. The smallest absolute Gasteiger partial charge is 0.122 e. The first-order chi connectivity index (χ1) is 7.69. The Bertz CT molecular complexity index is 342. The van der Waals surface area contributed by atoms with Crippen LogP contribution in [0.1, 0.15) is 18.3 Å².